The third kappa shape index (κ3) is 7.47. The van der Waals surface area contributed by atoms with Gasteiger partial charge in [-0.1, -0.05) is 56.1 Å². The van der Waals surface area contributed by atoms with Crippen molar-refractivity contribution in [2.45, 2.75) is 39.2 Å². The van der Waals surface area contributed by atoms with E-state index in [-0.39, 0.29) is 34.2 Å². The number of hydrogen-bond acceptors (Lipinski definition) is 3. The zero-order valence-electron chi connectivity index (χ0n) is 18.7. The lowest BCUT2D eigenvalue weighted by molar-refractivity contribution is -0.120. The minimum Gasteiger partial charge on any atom is -0.362 e. The zero-order chi connectivity index (χ0) is 23.9. The van der Waals surface area contributed by atoms with Gasteiger partial charge in [-0.05, 0) is 47.7 Å². The normalized spacial score (nSPS) is 20.2. The molecule has 3 rings (SSSR count). The Bertz CT molecular complexity index is 934. The van der Waals surface area contributed by atoms with Crippen molar-refractivity contribution < 1.29 is 14.0 Å². The van der Waals surface area contributed by atoms with E-state index < -0.39 is 5.82 Å². The van der Waals surface area contributed by atoms with Gasteiger partial charge < -0.3 is 16.0 Å². The lowest BCUT2D eigenvalue weighted by Gasteiger charge is -2.29. The van der Waals surface area contributed by atoms with Crippen LogP contribution < -0.4 is 16.0 Å². The van der Waals surface area contributed by atoms with Gasteiger partial charge in [0.1, 0.15) is 5.82 Å². The number of carbonyl (C=O) groups excluding carboxylic acids is 2. The number of carbonyl (C=O) groups is 2. The van der Waals surface area contributed by atoms with Crippen LogP contribution in [0.15, 0.2) is 42.5 Å². The number of hydrogen-bond donors (Lipinski definition) is 3. The summed E-state index contributed by atoms with van der Waals surface area (Å²) in [4.78, 5) is 22.3. The molecule has 1 heterocycles. The summed E-state index contributed by atoms with van der Waals surface area (Å²) in [6, 6.07) is 11.9. The molecule has 0 radical (unpaired) electrons. The zero-order valence-corrected chi connectivity index (χ0v) is 20.2. The Balaban J connectivity index is 0.000000837. The molecule has 1 saturated heterocycles. The van der Waals surface area contributed by atoms with Gasteiger partial charge in [0.15, 0.2) is 0 Å². The van der Waals surface area contributed by atoms with E-state index in [1.54, 1.807) is 7.05 Å². The van der Waals surface area contributed by atoms with E-state index in [4.69, 9.17) is 28.0 Å². The van der Waals surface area contributed by atoms with Gasteiger partial charge in [0, 0.05) is 36.3 Å². The van der Waals surface area contributed by atoms with Crippen LogP contribution in [0, 0.1) is 17.2 Å². The number of rotatable bonds is 5. The summed E-state index contributed by atoms with van der Waals surface area (Å²) in [6.45, 7) is 7.19. The number of anilines is 1. The third-order valence-corrected chi connectivity index (χ3v) is 5.71. The summed E-state index contributed by atoms with van der Waals surface area (Å²) in [5.41, 5.74) is 1.59. The highest BCUT2D eigenvalue weighted by Gasteiger charge is 2.42. The first-order valence-electron chi connectivity index (χ1n) is 10.4. The Hall–Kier alpha value is -2.15. The first-order chi connectivity index (χ1) is 15.1. The Kier molecular flexibility index (Phi) is 9.49. The number of benzene rings is 2. The van der Waals surface area contributed by atoms with E-state index in [0.717, 1.165) is 12.0 Å². The van der Waals surface area contributed by atoms with Gasteiger partial charge in [0.2, 0.25) is 12.3 Å². The van der Waals surface area contributed by atoms with Crippen molar-refractivity contribution in [3.8, 4) is 0 Å². The molecule has 1 aliphatic rings. The fourth-order valence-corrected chi connectivity index (χ4v) is 4.28. The molecule has 0 spiro atoms. The third-order valence-electron chi connectivity index (χ3n) is 5.18. The molecule has 32 heavy (non-hydrogen) atoms. The topological polar surface area (TPSA) is 70.2 Å². The van der Waals surface area contributed by atoms with Crippen LogP contribution in [0.5, 0.6) is 0 Å². The number of nitrogens with one attached hydrogen (secondary N) is 3. The molecule has 174 valence electrons. The minimum absolute atomic E-state index is 0.00182. The van der Waals surface area contributed by atoms with Crippen molar-refractivity contribution in [2.24, 2.45) is 11.3 Å². The van der Waals surface area contributed by atoms with Crippen molar-refractivity contribution in [1.29, 1.82) is 0 Å². The van der Waals surface area contributed by atoms with Crippen LogP contribution in [0.4, 0.5) is 10.1 Å². The highest BCUT2D eigenvalue weighted by atomic mass is 35.5. The predicted octanol–water partition coefficient (Wildman–Crippen LogP) is 5.24. The lowest BCUT2D eigenvalue weighted by Crippen LogP contribution is -2.38. The molecule has 3 unspecified atom stereocenters. The van der Waals surface area contributed by atoms with Gasteiger partial charge >= 0.3 is 0 Å². The second kappa shape index (κ2) is 11.6. The second-order valence-electron chi connectivity index (χ2n) is 8.99. The molecule has 2 aromatic carbocycles. The van der Waals surface area contributed by atoms with Crippen molar-refractivity contribution in [3.63, 3.8) is 0 Å². The van der Waals surface area contributed by atoms with Crippen LogP contribution in [0.1, 0.15) is 38.7 Å². The number of halogens is 3. The molecule has 1 aliphatic heterocycles. The van der Waals surface area contributed by atoms with Crippen molar-refractivity contribution in [1.82, 2.24) is 10.6 Å². The summed E-state index contributed by atoms with van der Waals surface area (Å²) in [5.74, 6) is -0.889. The summed E-state index contributed by atoms with van der Waals surface area (Å²) < 4.78 is 13.4. The first kappa shape index (κ1) is 26.1. The predicted molar refractivity (Wildman–Crippen MR) is 129 cm³/mol. The van der Waals surface area contributed by atoms with Crippen LogP contribution >= 0.6 is 23.2 Å². The van der Waals surface area contributed by atoms with Crippen molar-refractivity contribution >= 4 is 41.2 Å². The quantitative estimate of drug-likeness (QED) is 0.511. The molecular formula is C24H30Cl2FN3O2. The molecule has 0 aromatic heterocycles. The summed E-state index contributed by atoms with van der Waals surface area (Å²) >= 11 is 12.0. The highest BCUT2D eigenvalue weighted by molar-refractivity contribution is 6.31. The van der Waals surface area contributed by atoms with Gasteiger partial charge in [0.05, 0.1) is 10.9 Å². The summed E-state index contributed by atoms with van der Waals surface area (Å²) in [7, 11) is 1.56. The SMILES string of the molecule is CC(C)(C)CC1NCC(c2cccc(Cl)c2)C1C(=O)Nc1ccc(F)c(Cl)c1.CNC=O. The van der Waals surface area contributed by atoms with Gasteiger partial charge in [-0.3, -0.25) is 9.59 Å². The molecule has 8 heteroatoms. The van der Waals surface area contributed by atoms with Crippen molar-refractivity contribution in [3.05, 3.63) is 63.9 Å². The van der Waals surface area contributed by atoms with Crippen LogP contribution in [-0.2, 0) is 9.59 Å². The Morgan fingerprint density at radius 1 is 1.22 bits per heavy atom. The Labute approximate surface area is 199 Å². The smallest absolute Gasteiger partial charge is 0.229 e. The maximum atomic E-state index is 13.4. The van der Waals surface area contributed by atoms with Gasteiger partial charge in [-0.2, -0.15) is 0 Å². The van der Waals surface area contributed by atoms with Crippen LogP contribution in [-0.4, -0.2) is 32.0 Å². The molecule has 3 N–H and O–H groups in total. The average molecular weight is 482 g/mol. The minimum atomic E-state index is -0.510. The van der Waals surface area contributed by atoms with Crippen LogP contribution in [0.25, 0.3) is 0 Å². The fraction of sp³-hybridized carbons (Fsp3) is 0.417. The standard InChI is InChI=1S/C22H25Cl2FN2O.C2H5NO/c1-22(2,3)11-19-20(16(12-26-19)13-5-4-6-14(23)9-13)21(28)27-15-7-8-18(25)17(24)10-15;1-3-2-4/h4-10,16,19-20,26H,11-12H2,1-3H3,(H,27,28);2H,1H3,(H,3,4). The highest BCUT2D eigenvalue weighted by Crippen LogP contribution is 2.38. The Morgan fingerprint density at radius 3 is 2.47 bits per heavy atom. The van der Waals surface area contributed by atoms with E-state index in [0.29, 0.717) is 23.7 Å². The lowest BCUT2D eigenvalue weighted by atomic mass is 9.78. The molecular weight excluding hydrogens is 452 g/mol. The van der Waals surface area contributed by atoms with Crippen LogP contribution in [0.3, 0.4) is 0 Å². The number of amides is 2. The maximum Gasteiger partial charge on any atom is 0.229 e. The first-order valence-corrected chi connectivity index (χ1v) is 11.2. The largest absolute Gasteiger partial charge is 0.362 e. The van der Waals surface area contributed by atoms with E-state index in [1.807, 2.05) is 24.3 Å². The van der Waals surface area contributed by atoms with E-state index in [9.17, 15) is 9.18 Å². The molecule has 0 aliphatic carbocycles. The van der Waals surface area contributed by atoms with Gasteiger partial charge in [0.25, 0.3) is 0 Å². The fourth-order valence-electron chi connectivity index (χ4n) is 3.90. The van der Waals surface area contributed by atoms with E-state index in [1.165, 1.54) is 18.2 Å². The molecule has 3 atom stereocenters. The van der Waals surface area contributed by atoms with E-state index in [2.05, 4.69) is 36.7 Å². The van der Waals surface area contributed by atoms with Crippen LogP contribution in [0.2, 0.25) is 10.0 Å². The molecule has 2 amide bonds. The Morgan fingerprint density at radius 2 is 1.91 bits per heavy atom. The van der Waals surface area contributed by atoms with Crippen molar-refractivity contribution in [2.75, 3.05) is 18.9 Å². The average Bonchev–Trinajstić information content (AvgIpc) is 3.13. The van der Waals surface area contributed by atoms with Gasteiger partial charge in [-0.25, -0.2) is 4.39 Å². The molecule has 0 bridgehead atoms. The monoisotopic (exact) mass is 481 g/mol. The maximum absolute atomic E-state index is 13.4. The molecule has 0 saturated carbocycles. The van der Waals surface area contributed by atoms with Gasteiger partial charge in [-0.15, -0.1) is 0 Å². The van der Waals surface area contributed by atoms with E-state index >= 15 is 0 Å². The summed E-state index contributed by atoms with van der Waals surface area (Å²) in [5, 5.41) is 9.34. The molecule has 2 aromatic rings. The molecule has 1 fully saturated rings. The second-order valence-corrected chi connectivity index (χ2v) is 9.84. The summed E-state index contributed by atoms with van der Waals surface area (Å²) in [6.07, 6.45) is 1.48. The molecule has 5 nitrogen and oxygen atoms in total.